The lowest BCUT2D eigenvalue weighted by atomic mass is 10.2. The average Bonchev–Trinajstić information content (AvgIpc) is 2.97. The highest BCUT2D eigenvalue weighted by molar-refractivity contribution is 7.99. The summed E-state index contributed by atoms with van der Waals surface area (Å²) in [5, 5.41) is 11.1. The molecule has 0 aliphatic heterocycles. The molecule has 0 radical (unpaired) electrons. The largest absolute Gasteiger partial charge is 0.323 e. The zero-order valence-corrected chi connectivity index (χ0v) is 15.0. The number of benzene rings is 2. The summed E-state index contributed by atoms with van der Waals surface area (Å²) in [6.07, 6.45) is 0. The standard InChI is InChI=1S/C18H16F2N4OS/c1-11-3-6-14(7-4-11)24-12(2)22-23-18(24)26-10-17(25)21-16-8-5-13(19)9-15(16)20/h3-9H,10H2,1-2H3,(H,21,25). The molecule has 134 valence electrons. The lowest BCUT2D eigenvalue weighted by Crippen LogP contribution is -2.15. The molecule has 26 heavy (non-hydrogen) atoms. The molecule has 0 spiro atoms. The van der Waals surface area contributed by atoms with E-state index in [1.807, 2.05) is 42.7 Å². The second kappa shape index (κ2) is 7.65. The van der Waals surface area contributed by atoms with Crippen molar-refractivity contribution in [1.82, 2.24) is 14.8 Å². The number of nitrogens with zero attached hydrogens (tertiary/aromatic N) is 3. The van der Waals surface area contributed by atoms with E-state index in [1.54, 1.807) is 0 Å². The van der Waals surface area contributed by atoms with E-state index in [1.165, 1.54) is 17.8 Å². The van der Waals surface area contributed by atoms with Crippen molar-refractivity contribution >= 4 is 23.4 Å². The van der Waals surface area contributed by atoms with Crippen molar-refractivity contribution in [2.24, 2.45) is 0 Å². The molecule has 1 N–H and O–H groups in total. The number of halogens is 2. The second-order valence-electron chi connectivity index (χ2n) is 5.66. The number of rotatable bonds is 5. The number of amides is 1. The number of aromatic nitrogens is 3. The molecule has 0 aliphatic carbocycles. The molecular weight excluding hydrogens is 358 g/mol. The Morgan fingerprint density at radius 2 is 1.85 bits per heavy atom. The summed E-state index contributed by atoms with van der Waals surface area (Å²) in [7, 11) is 0. The van der Waals surface area contributed by atoms with Crippen LogP contribution in [0, 0.1) is 25.5 Å². The number of carbonyl (C=O) groups is 1. The third-order valence-electron chi connectivity index (χ3n) is 3.62. The third kappa shape index (κ3) is 4.08. The molecule has 8 heteroatoms. The van der Waals surface area contributed by atoms with Gasteiger partial charge in [-0.25, -0.2) is 8.78 Å². The summed E-state index contributed by atoms with van der Waals surface area (Å²) in [5.41, 5.74) is 1.97. The lowest BCUT2D eigenvalue weighted by Gasteiger charge is -2.09. The van der Waals surface area contributed by atoms with Gasteiger partial charge in [0.05, 0.1) is 11.4 Å². The van der Waals surface area contributed by atoms with Gasteiger partial charge in [-0.2, -0.15) is 0 Å². The quantitative estimate of drug-likeness (QED) is 0.688. The molecule has 3 rings (SSSR count). The van der Waals surface area contributed by atoms with Crippen LogP contribution in [0.1, 0.15) is 11.4 Å². The van der Waals surface area contributed by atoms with Crippen molar-refractivity contribution in [1.29, 1.82) is 0 Å². The number of aryl methyl sites for hydroxylation is 2. The summed E-state index contributed by atoms with van der Waals surface area (Å²) in [4.78, 5) is 12.1. The average molecular weight is 374 g/mol. The minimum atomic E-state index is -0.818. The summed E-state index contributed by atoms with van der Waals surface area (Å²) in [6, 6.07) is 10.9. The Morgan fingerprint density at radius 3 is 2.54 bits per heavy atom. The monoisotopic (exact) mass is 374 g/mol. The molecule has 3 aromatic rings. The first-order valence-corrected chi connectivity index (χ1v) is 8.79. The molecular formula is C18H16F2N4OS. The Balaban J connectivity index is 1.70. The maximum absolute atomic E-state index is 13.6. The first-order chi connectivity index (χ1) is 12.4. The molecule has 2 aromatic carbocycles. The maximum atomic E-state index is 13.6. The molecule has 0 saturated heterocycles. The number of carbonyl (C=O) groups excluding carboxylic acids is 1. The Bertz CT molecular complexity index is 941. The van der Waals surface area contributed by atoms with Crippen LogP contribution in [0.5, 0.6) is 0 Å². The van der Waals surface area contributed by atoms with Gasteiger partial charge in [-0.1, -0.05) is 29.5 Å². The van der Waals surface area contributed by atoms with Crippen molar-refractivity contribution in [3.05, 3.63) is 65.5 Å². The summed E-state index contributed by atoms with van der Waals surface area (Å²) < 4.78 is 28.4. The van der Waals surface area contributed by atoms with Crippen LogP contribution in [0.3, 0.4) is 0 Å². The lowest BCUT2D eigenvalue weighted by molar-refractivity contribution is -0.113. The predicted molar refractivity (Wildman–Crippen MR) is 96.5 cm³/mol. The van der Waals surface area contributed by atoms with Crippen LogP contribution in [0.4, 0.5) is 14.5 Å². The molecule has 0 atom stereocenters. The van der Waals surface area contributed by atoms with Crippen molar-refractivity contribution in [3.63, 3.8) is 0 Å². The van der Waals surface area contributed by atoms with Crippen LogP contribution in [0.2, 0.25) is 0 Å². The van der Waals surface area contributed by atoms with Crippen LogP contribution in [-0.2, 0) is 4.79 Å². The van der Waals surface area contributed by atoms with Gasteiger partial charge in [-0.15, -0.1) is 10.2 Å². The van der Waals surface area contributed by atoms with Gasteiger partial charge in [0.1, 0.15) is 17.5 Å². The Morgan fingerprint density at radius 1 is 1.12 bits per heavy atom. The van der Waals surface area contributed by atoms with Crippen molar-refractivity contribution in [2.75, 3.05) is 11.1 Å². The van der Waals surface area contributed by atoms with E-state index < -0.39 is 17.5 Å². The van der Waals surface area contributed by atoms with E-state index in [-0.39, 0.29) is 11.4 Å². The van der Waals surface area contributed by atoms with Gasteiger partial charge in [0.2, 0.25) is 5.91 Å². The van der Waals surface area contributed by atoms with Crippen LogP contribution in [0.25, 0.3) is 5.69 Å². The first kappa shape index (κ1) is 18.1. The van der Waals surface area contributed by atoms with E-state index in [0.717, 1.165) is 23.4 Å². The normalized spacial score (nSPS) is 10.8. The fraction of sp³-hybridized carbons (Fsp3) is 0.167. The minimum absolute atomic E-state index is 0.0147. The zero-order valence-electron chi connectivity index (χ0n) is 14.2. The number of hydrogen-bond donors (Lipinski definition) is 1. The minimum Gasteiger partial charge on any atom is -0.323 e. The fourth-order valence-electron chi connectivity index (χ4n) is 2.33. The highest BCUT2D eigenvalue weighted by Gasteiger charge is 2.14. The first-order valence-electron chi connectivity index (χ1n) is 7.81. The van der Waals surface area contributed by atoms with Gasteiger partial charge in [0.25, 0.3) is 0 Å². The number of thioether (sulfide) groups is 1. The second-order valence-corrected chi connectivity index (χ2v) is 6.60. The molecule has 0 unspecified atom stereocenters. The van der Waals surface area contributed by atoms with Gasteiger partial charge < -0.3 is 5.32 Å². The zero-order chi connectivity index (χ0) is 18.7. The third-order valence-corrected chi connectivity index (χ3v) is 4.55. The number of hydrogen-bond acceptors (Lipinski definition) is 4. The Labute approximate surface area is 153 Å². The van der Waals surface area contributed by atoms with Crippen LogP contribution in [0.15, 0.2) is 47.6 Å². The molecule has 5 nitrogen and oxygen atoms in total. The topological polar surface area (TPSA) is 59.8 Å². The van der Waals surface area contributed by atoms with E-state index >= 15 is 0 Å². The predicted octanol–water partition coefficient (Wildman–Crippen LogP) is 3.89. The maximum Gasteiger partial charge on any atom is 0.234 e. The van der Waals surface area contributed by atoms with Crippen molar-refractivity contribution in [3.8, 4) is 5.69 Å². The fourth-order valence-corrected chi connectivity index (χ4v) is 3.13. The van der Waals surface area contributed by atoms with E-state index in [4.69, 9.17) is 0 Å². The van der Waals surface area contributed by atoms with E-state index in [0.29, 0.717) is 11.0 Å². The highest BCUT2D eigenvalue weighted by Crippen LogP contribution is 2.23. The molecule has 0 saturated carbocycles. The smallest absolute Gasteiger partial charge is 0.234 e. The SMILES string of the molecule is Cc1ccc(-n2c(C)nnc2SCC(=O)Nc2ccc(F)cc2F)cc1. The summed E-state index contributed by atoms with van der Waals surface area (Å²) in [6.45, 7) is 3.82. The number of nitrogens with one attached hydrogen (secondary N) is 1. The summed E-state index contributed by atoms with van der Waals surface area (Å²) >= 11 is 1.18. The van der Waals surface area contributed by atoms with Crippen LogP contribution >= 0.6 is 11.8 Å². The number of anilines is 1. The van der Waals surface area contributed by atoms with Gasteiger partial charge in [-0.3, -0.25) is 9.36 Å². The molecule has 1 heterocycles. The Hall–Kier alpha value is -2.74. The van der Waals surface area contributed by atoms with Gasteiger partial charge in [0, 0.05) is 11.8 Å². The van der Waals surface area contributed by atoms with Gasteiger partial charge in [-0.05, 0) is 38.1 Å². The van der Waals surface area contributed by atoms with E-state index in [9.17, 15) is 13.6 Å². The van der Waals surface area contributed by atoms with Crippen molar-refractivity contribution < 1.29 is 13.6 Å². The van der Waals surface area contributed by atoms with Gasteiger partial charge >= 0.3 is 0 Å². The van der Waals surface area contributed by atoms with Crippen LogP contribution in [-0.4, -0.2) is 26.4 Å². The van der Waals surface area contributed by atoms with Crippen LogP contribution < -0.4 is 5.32 Å². The van der Waals surface area contributed by atoms with E-state index in [2.05, 4.69) is 15.5 Å². The van der Waals surface area contributed by atoms with Gasteiger partial charge in [0.15, 0.2) is 5.16 Å². The summed E-state index contributed by atoms with van der Waals surface area (Å²) in [5.74, 6) is -1.22. The molecule has 0 fully saturated rings. The highest BCUT2D eigenvalue weighted by atomic mass is 32.2. The molecule has 1 amide bonds. The van der Waals surface area contributed by atoms with Crippen molar-refractivity contribution in [2.45, 2.75) is 19.0 Å². The molecule has 0 bridgehead atoms. The Kier molecular flexibility index (Phi) is 5.32. The molecule has 0 aliphatic rings. The molecule has 1 aromatic heterocycles.